The Morgan fingerprint density at radius 2 is 2.21 bits per heavy atom. The van der Waals surface area contributed by atoms with E-state index in [2.05, 4.69) is 34.7 Å². The first-order chi connectivity index (χ1) is 11.7. The van der Waals surface area contributed by atoms with Crippen molar-refractivity contribution < 1.29 is 9.53 Å². The third-order valence-corrected chi connectivity index (χ3v) is 4.25. The van der Waals surface area contributed by atoms with Gasteiger partial charge in [-0.3, -0.25) is 9.78 Å². The van der Waals surface area contributed by atoms with E-state index in [0.29, 0.717) is 18.8 Å². The van der Waals surface area contributed by atoms with E-state index >= 15 is 0 Å². The van der Waals surface area contributed by atoms with Gasteiger partial charge in [0.1, 0.15) is 5.69 Å². The Labute approximate surface area is 142 Å². The van der Waals surface area contributed by atoms with Crippen LogP contribution in [0, 0.1) is 6.92 Å². The second-order valence-electron chi connectivity index (χ2n) is 6.05. The quantitative estimate of drug-likeness (QED) is 0.857. The maximum Gasteiger partial charge on any atom is 0.270 e. The van der Waals surface area contributed by atoms with Crippen LogP contribution in [-0.2, 0) is 11.3 Å². The number of benzene rings is 1. The molecule has 0 radical (unpaired) electrons. The van der Waals surface area contributed by atoms with Gasteiger partial charge in [-0.1, -0.05) is 24.3 Å². The first kappa shape index (κ1) is 16.5. The van der Waals surface area contributed by atoms with Crippen molar-refractivity contribution in [2.75, 3.05) is 18.5 Å². The Morgan fingerprint density at radius 1 is 1.33 bits per heavy atom. The number of carbonyl (C=O) groups excluding carboxylic acids is 1. The van der Waals surface area contributed by atoms with Crippen molar-refractivity contribution in [3.8, 4) is 0 Å². The third kappa shape index (κ3) is 4.32. The van der Waals surface area contributed by atoms with Crippen LogP contribution in [0.5, 0.6) is 0 Å². The number of aryl methyl sites for hydroxylation is 1. The van der Waals surface area contributed by atoms with E-state index in [4.69, 9.17) is 4.74 Å². The zero-order chi connectivity index (χ0) is 16.8. The van der Waals surface area contributed by atoms with Crippen molar-refractivity contribution in [3.05, 3.63) is 59.4 Å². The lowest BCUT2D eigenvalue weighted by Crippen LogP contribution is -2.32. The molecule has 1 amide bonds. The highest BCUT2D eigenvalue weighted by atomic mass is 16.5. The Bertz CT molecular complexity index is 697. The van der Waals surface area contributed by atoms with Crippen LogP contribution < -0.4 is 10.6 Å². The standard InChI is InChI=1S/C19H23N3O2/c1-14-5-2-3-6-15(14)12-21-16-8-9-20-18(11-16)19(23)22-13-17-7-4-10-24-17/h2-3,5-6,8-9,11,17H,4,7,10,12-13H2,1H3,(H,20,21)(H,22,23). The van der Waals surface area contributed by atoms with Gasteiger partial charge >= 0.3 is 0 Å². The summed E-state index contributed by atoms with van der Waals surface area (Å²) >= 11 is 0. The maximum atomic E-state index is 12.2. The number of amides is 1. The monoisotopic (exact) mass is 325 g/mol. The Kier molecular flexibility index (Phi) is 5.43. The molecule has 1 unspecified atom stereocenters. The molecule has 0 aliphatic carbocycles. The average Bonchev–Trinajstić information content (AvgIpc) is 3.13. The lowest BCUT2D eigenvalue weighted by atomic mass is 10.1. The molecule has 2 aromatic rings. The average molecular weight is 325 g/mol. The molecule has 2 N–H and O–H groups in total. The molecule has 5 nitrogen and oxygen atoms in total. The summed E-state index contributed by atoms with van der Waals surface area (Å²) in [5, 5.41) is 6.25. The number of rotatable bonds is 6. The van der Waals surface area contributed by atoms with Crippen molar-refractivity contribution in [2.24, 2.45) is 0 Å². The van der Waals surface area contributed by atoms with E-state index in [1.54, 1.807) is 12.3 Å². The van der Waals surface area contributed by atoms with Crippen molar-refractivity contribution in [2.45, 2.75) is 32.4 Å². The van der Waals surface area contributed by atoms with E-state index in [1.165, 1.54) is 11.1 Å². The topological polar surface area (TPSA) is 63.2 Å². The van der Waals surface area contributed by atoms with Crippen LogP contribution in [0.15, 0.2) is 42.6 Å². The van der Waals surface area contributed by atoms with Crippen LogP contribution in [0.4, 0.5) is 5.69 Å². The van der Waals surface area contributed by atoms with E-state index < -0.39 is 0 Å². The van der Waals surface area contributed by atoms with Gasteiger partial charge in [-0.25, -0.2) is 0 Å². The van der Waals surface area contributed by atoms with Gasteiger partial charge in [0.25, 0.3) is 5.91 Å². The molecule has 1 aliphatic heterocycles. The summed E-state index contributed by atoms with van der Waals surface area (Å²) in [5.41, 5.74) is 3.78. The van der Waals surface area contributed by atoms with Gasteiger partial charge in [0.2, 0.25) is 0 Å². The molecule has 0 spiro atoms. The summed E-state index contributed by atoms with van der Waals surface area (Å²) in [6, 6.07) is 11.9. The number of pyridine rings is 1. The summed E-state index contributed by atoms with van der Waals surface area (Å²) < 4.78 is 5.51. The number of hydrogen-bond acceptors (Lipinski definition) is 4. The summed E-state index contributed by atoms with van der Waals surface area (Å²) in [6.45, 7) is 4.14. The highest BCUT2D eigenvalue weighted by Crippen LogP contribution is 2.13. The van der Waals surface area contributed by atoms with Crippen LogP contribution in [0.25, 0.3) is 0 Å². The second-order valence-corrected chi connectivity index (χ2v) is 6.05. The third-order valence-electron chi connectivity index (χ3n) is 4.25. The molecule has 1 saturated heterocycles. The SMILES string of the molecule is Cc1ccccc1CNc1ccnc(C(=O)NCC2CCCO2)c1. The number of nitrogens with one attached hydrogen (secondary N) is 2. The first-order valence-electron chi connectivity index (χ1n) is 8.36. The lowest BCUT2D eigenvalue weighted by molar-refractivity contribution is 0.0854. The van der Waals surface area contributed by atoms with Crippen molar-refractivity contribution in [1.29, 1.82) is 0 Å². The molecule has 1 aliphatic rings. The van der Waals surface area contributed by atoms with Crippen LogP contribution in [-0.4, -0.2) is 30.1 Å². The predicted molar refractivity (Wildman–Crippen MR) is 94.0 cm³/mol. The molecule has 0 bridgehead atoms. The predicted octanol–water partition coefficient (Wildman–Crippen LogP) is 2.91. The smallest absolute Gasteiger partial charge is 0.270 e. The zero-order valence-corrected chi connectivity index (χ0v) is 13.9. The molecule has 5 heteroatoms. The fourth-order valence-electron chi connectivity index (χ4n) is 2.77. The van der Waals surface area contributed by atoms with Gasteiger partial charge in [0, 0.05) is 31.6 Å². The summed E-state index contributed by atoms with van der Waals surface area (Å²) in [7, 11) is 0. The summed E-state index contributed by atoms with van der Waals surface area (Å²) in [6.07, 6.45) is 3.86. The Balaban J connectivity index is 1.57. The molecule has 24 heavy (non-hydrogen) atoms. The van der Waals surface area contributed by atoms with Crippen molar-refractivity contribution in [1.82, 2.24) is 10.3 Å². The van der Waals surface area contributed by atoms with E-state index in [-0.39, 0.29) is 12.0 Å². The first-order valence-corrected chi connectivity index (χ1v) is 8.36. The van der Waals surface area contributed by atoms with Crippen molar-refractivity contribution in [3.63, 3.8) is 0 Å². The molecule has 1 aromatic carbocycles. The number of ether oxygens (including phenoxy) is 1. The van der Waals surface area contributed by atoms with E-state index in [0.717, 1.165) is 25.1 Å². The van der Waals surface area contributed by atoms with E-state index in [9.17, 15) is 4.79 Å². The zero-order valence-electron chi connectivity index (χ0n) is 13.9. The molecular weight excluding hydrogens is 302 g/mol. The van der Waals surface area contributed by atoms with Gasteiger partial charge in [0.15, 0.2) is 0 Å². The highest BCUT2D eigenvalue weighted by molar-refractivity contribution is 5.93. The minimum Gasteiger partial charge on any atom is -0.381 e. The molecule has 126 valence electrons. The molecule has 1 atom stereocenters. The van der Waals surface area contributed by atoms with Gasteiger partial charge < -0.3 is 15.4 Å². The summed E-state index contributed by atoms with van der Waals surface area (Å²) in [4.78, 5) is 16.4. The Morgan fingerprint density at radius 3 is 3.00 bits per heavy atom. The maximum absolute atomic E-state index is 12.2. The minimum atomic E-state index is -0.162. The lowest BCUT2D eigenvalue weighted by Gasteiger charge is -2.12. The number of carbonyl (C=O) groups is 1. The highest BCUT2D eigenvalue weighted by Gasteiger charge is 2.17. The van der Waals surface area contributed by atoms with E-state index in [1.807, 2.05) is 18.2 Å². The van der Waals surface area contributed by atoms with Crippen LogP contribution in [0.2, 0.25) is 0 Å². The Hall–Kier alpha value is -2.40. The molecule has 1 fully saturated rings. The molecule has 2 heterocycles. The number of nitrogens with zero attached hydrogens (tertiary/aromatic N) is 1. The number of anilines is 1. The normalized spacial score (nSPS) is 16.8. The fourth-order valence-corrected chi connectivity index (χ4v) is 2.77. The molecular formula is C19H23N3O2. The van der Waals surface area contributed by atoms with Gasteiger partial charge in [0.05, 0.1) is 6.10 Å². The van der Waals surface area contributed by atoms with Crippen molar-refractivity contribution >= 4 is 11.6 Å². The van der Waals surface area contributed by atoms with Crippen LogP contribution in [0.1, 0.15) is 34.5 Å². The summed E-state index contributed by atoms with van der Waals surface area (Å²) in [5.74, 6) is -0.162. The second kappa shape index (κ2) is 7.93. The molecule has 1 aromatic heterocycles. The number of aromatic nitrogens is 1. The van der Waals surface area contributed by atoms with Crippen LogP contribution >= 0.6 is 0 Å². The van der Waals surface area contributed by atoms with Gasteiger partial charge in [-0.15, -0.1) is 0 Å². The molecule has 0 saturated carbocycles. The minimum absolute atomic E-state index is 0.135. The fraction of sp³-hybridized carbons (Fsp3) is 0.368. The number of hydrogen-bond donors (Lipinski definition) is 2. The largest absolute Gasteiger partial charge is 0.381 e. The van der Waals surface area contributed by atoms with Crippen LogP contribution in [0.3, 0.4) is 0 Å². The molecule has 3 rings (SSSR count). The van der Waals surface area contributed by atoms with Gasteiger partial charge in [-0.05, 0) is 43.0 Å². The van der Waals surface area contributed by atoms with Gasteiger partial charge in [-0.2, -0.15) is 0 Å².